The van der Waals surface area contributed by atoms with Crippen molar-refractivity contribution in [2.75, 3.05) is 4.90 Å². The van der Waals surface area contributed by atoms with Crippen LogP contribution in [0.25, 0.3) is 66.8 Å². The summed E-state index contributed by atoms with van der Waals surface area (Å²) in [6, 6.07) is 51.0. The average molecular weight is 672 g/mol. The molecule has 2 aliphatic rings. The van der Waals surface area contributed by atoms with Gasteiger partial charge in [0, 0.05) is 33.6 Å². The summed E-state index contributed by atoms with van der Waals surface area (Å²) in [7, 11) is 0. The number of amidine groups is 1. The molecule has 0 spiro atoms. The third kappa shape index (κ3) is 3.79. The monoisotopic (exact) mass is 671 g/mol. The number of nitrogens with zero attached hydrogens (tertiary/aromatic N) is 5. The van der Waals surface area contributed by atoms with E-state index in [9.17, 15) is 0 Å². The van der Waals surface area contributed by atoms with E-state index in [2.05, 4.69) is 153 Å². The molecule has 2 aliphatic heterocycles. The smallest absolute Gasteiger partial charge is 0.248 e. The second-order valence-electron chi connectivity index (χ2n) is 13.8. The standard InChI is InChI=1S/C45H29N5O2/c1-3-11-29(12-4-1)48-36-16-8-7-15-31(36)32-21-22-33-34-25-27(19-23-39(34)51-43(33)46-42(32)48)28-20-24-40-35(26-28)41-44(52-40)47-45-49(30-13-5-2-6-14-30)37-17-9-10-18-38(37)50(41)45/h1-20,23-26,32H,21-22H2. The molecule has 0 amide bonds. The van der Waals surface area contributed by atoms with Gasteiger partial charge in [-0.1, -0.05) is 78.9 Å². The van der Waals surface area contributed by atoms with E-state index in [4.69, 9.17) is 18.8 Å². The summed E-state index contributed by atoms with van der Waals surface area (Å²) in [5.74, 6) is 2.77. The Morgan fingerprint density at radius 1 is 0.615 bits per heavy atom. The number of aromatic nitrogens is 3. The zero-order chi connectivity index (χ0) is 33.9. The topological polar surface area (TPSA) is 64.1 Å². The van der Waals surface area contributed by atoms with Crippen LogP contribution >= 0.6 is 0 Å². The van der Waals surface area contributed by atoms with Crippen LogP contribution in [0.4, 0.5) is 17.3 Å². The van der Waals surface area contributed by atoms with Gasteiger partial charge in [-0.15, -0.1) is 0 Å². The molecule has 0 saturated heterocycles. The molecular formula is C45H29N5O2. The van der Waals surface area contributed by atoms with Crippen LogP contribution in [0.3, 0.4) is 0 Å². The zero-order valence-electron chi connectivity index (χ0n) is 27.9. The maximum Gasteiger partial charge on any atom is 0.248 e. The number of para-hydroxylation sites is 5. The number of benzene rings is 6. The van der Waals surface area contributed by atoms with Crippen LogP contribution in [-0.2, 0) is 6.42 Å². The van der Waals surface area contributed by atoms with E-state index in [0.29, 0.717) is 11.6 Å². The van der Waals surface area contributed by atoms with E-state index < -0.39 is 0 Å². The van der Waals surface area contributed by atoms with Gasteiger partial charge in [-0.05, 0) is 96.3 Å². The van der Waals surface area contributed by atoms with Gasteiger partial charge in [0.25, 0.3) is 0 Å². The number of furan rings is 2. The molecule has 7 nitrogen and oxygen atoms in total. The Morgan fingerprint density at radius 2 is 1.29 bits per heavy atom. The Kier molecular flexibility index (Phi) is 5.55. The molecule has 0 saturated carbocycles. The maximum absolute atomic E-state index is 6.54. The first-order chi connectivity index (χ1) is 25.8. The van der Waals surface area contributed by atoms with Crippen molar-refractivity contribution in [1.82, 2.24) is 14.0 Å². The maximum atomic E-state index is 6.54. The Labute approximate surface area is 297 Å². The highest BCUT2D eigenvalue weighted by molar-refractivity contribution is 6.15. The Morgan fingerprint density at radius 3 is 2.10 bits per heavy atom. The normalized spacial score (nSPS) is 15.4. The first kappa shape index (κ1) is 27.9. The fourth-order valence-corrected chi connectivity index (χ4v) is 8.65. The molecule has 246 valence electrons. The molecule has 1 unspecified atom stereocenters. The number of anilines is 2. The fraction of sp³-hybridized carbons (Fsp3) is 0.0667. The third-order valence-electron chi connectivity index (χ3n) is 11.0. The van der Waals surface area contributed by atoms with Gasteiger partial charge in [-0.25, -0.2) is 0 Å². The summed E-state index contributed by atoms with van der Waals surface area (Å²) in [4.78, 5) is 12.7. The largest absolute Gasteiger partial charge is 0.438 e. The number of hydrogen-bond donors (Lipinski definition) is 0. The van der Waals surface area contributed by atoms with E-state index in [1.54, 1.807) is 0 Å². The number of fused-ring (bicyclic) bond motifs is 13. The van der Waals surface area contributed by atoms with Crippen LogP contribution < -0.4 is 4.90 Å². The third-order valence-corrected chi connectivity index (χ3v) is 11.0. The molecule has 10 aromatic rings. The molecule has 7 heteroatoms. The summed E-state index contributed by atoms with van der Waals surface area (Å²) in [6.45, 7) is 0. The predicted molar refractivity (Wildman–Crippen MR) is 208 cm³/mol. The number of aliphatic imine (C=N–C) groups is 1. The zero-order valence-corrected chi connectivity index (χ0v) is 27.9. The lowest BCUT2D eigenvalue weighted by molar-refractivity contribution is 0.621. The first-order valence-electron chi connectivity index (χ1n) is 17.8. The number of rotatable bonds is 3. The minimum atomic E-state index is 0.198. The molecule has 0 bridgehead atoms. The molecule has 6 aromatic carbocycles. The molecule has 0 fully saturated rings. The second-order valence-corrected chi connectivity index (χ2v) is 13.8. The highest BCUT2D eigenvalue weighted by Gasteiger charge is 2.38. The minimum Gasteiger partial charge on any atom is -0.438 e. The van der Waals surface area contributed by atoms with Crippen LogP contribution in [0.1, 0.15) is 23.5 Å². The van der Waals surface area contributed by atoms with Crippen LogP contribution in [0.5, 0.6) is 0 Å². The Bertz CT molecular complexity index is 3090. The summed E-state index contributed by atoms with van der Waals surface area (Å²) in [6.07, 6.45) is 1.83. The van der Waals surface area contributed by atoms with Crippen molar-refractivity contribution in [2.24, 2.45) is 4.99 Å². The van der Waals surface area contributed by atoms with Gasteiger partial charge in [0.15, 0.2) is 0 Å². The van der Waals surface area contributed by atoms with E-state index in [-0.39, 0.29) is 5.92 Å². The molecule has 12 rings (SSSR count). The quantitative estimate of drug-likeness (QED) is 0.187. The number of imidazole rings is 2. The molecule has 0 N–H and O–H groups in total. The van der Waals surface area contributed by atoms with Crippen LogP contribution in [-0.4, -0.2) is 19.8 Å². The van der Waals surface area contributed by atoms with Crippen LogP contribution in [0.2, 0.25) is 0 Å². The lowest BCUT2D eigenvalue weighted by atomic mass is 9.93. The summed E-state index contributed by atoms with van der Waals surface area (Å²) in [5.41, 5.74) is 13.5. The van der Waals surface area contributed by atoms with Crippen LogP contribution in [0, 0.1) is 0 Å². The van der Waals surface area contributed by atoms with Crippen molar-refractivity contribution in [2.45, 2.75) is 18.8 Å². The predicted octanol–water partition coefficient (Wildman–Crippen LogP) is 11.5. The van der Waals surface area contributed by atoms with Crippen LogP contribution in [0.15, 0.2) is 159 Å². The molecule has 6 heterocycles. The van der Waals surface area contributed by atoms with Crippen molar-refractivity contribution in [1.29, 1.82) is 0 Å². The molecule has 4 aromatic heterocycles. The molecule has 1 atom stereocenters. The molecular weight excluding hydrogens is 643 g/mol. The summed E-state index contributed by atoms with van der Waals surface area (Å²) < 4.78 is 17.4. The van der Waals surface area contributed by atoms with Crippen molar-refractivity contribution in [3.8, 4) is 16.8 Å². The van der Waals surface area contributed by atoms with Gasteiger partial charge in [0.2, 0.25) is 17.4 Å². The molecule has 0 radical (unpaired) electrons. The van der Waals surface area contributed by atoms with E-state index in [0.717, 1.165) is 85.4 Å². The highest BCUT2D eigenvalue weighted by atomic mass is 16.4. The summed E-state index contributed by atoms with van der Waals surface area (Å²) >= 11 is 0. The van der Waals surface area contributed by atoms with Gasteiger partial charge < -0.3 is 8.83 Å². The lowest BCUT2D eigenvalue weighted by Crippen LogP contribution is -2.23. The van der Waals surface area contributed by atoms with Crippen molar-refractivity contribution in [3.63, 3.8) is 0 Å². The summed E-state index contributed by atoms with van der Waals surface area (Å²) in [5, 5.41) is 2.15. The van der Waals surface area contributed by atoms with Gasteiger partial charge in [0.1, 0.15) is 22.5 Å². The van der Waals surface area contributed by atoms with E-state index in [1.807, 2.05) is 6.07 Å². The Balaban J connectivity index is 1.00. The fourth-order valence-electron chi connectivity index (χ4n) is 8.65. The lowest BCUT2D eigenvalue weighted by Gasteiger charge is -2.21. The van der Waals surface area contributed by atoms with E-state index in [1.165, 1.54) is 16.8 Å². The molecule has 52 heavy (non-hydrogen) atoms. The first-order valence-corrected chi connectivity index (χ1v) is 17.8. The van der Waals surface area contributed by atoms with Gasteiger partial charge in [0.05, 0.1) is 16.7 Å². The van der Waals surface area contributed by atoms with Crippen molar-refractivity contribution < 1.29 is 8.83 Å². The van der Waals surface area contributed by atoms with Gasteiger partial charge in [-0.3, -0.25) is 13.9 Å². The Hall–Kier alpha value is -6.86. The van der Waals surface area contributed by atoms with Crippen molar-refractivity contribution >= 4 is 73.1 Å². The number of hydrogen-bond acceptors (Lipinski definition) is 5. The second kappa shape index (κ2) is 10.3. The number of aryl methyl sites for hydroxylation is 1. The van der Waals surface area contributed by atoms with E-state index >= 15 is 0 Å². The SMILES string of the molecule is c1ccc(N2C3=Nc4oc5ccc(-c6ccc7oc8nc9n(-c%10ccccc%10)c%10ccccc%10n9c8c7c6)cc5c4CCC3c3ccccc32)cc1. The van der Waals surface area contributed by atoms with Crippen molar-refractivity contribution in [3.05, 3.63) is 157 Å². The minimum absolute atomic E-state index is 0.198. The highest BCUT2D eigenvalue weighted by Crippen LogP contribution is 2.49. The van der Waals surface area contributed by atoms with Gasteiger partial charge >= 0.3 is 0 Å². The molecule has 0 aliphatic carbocycles. The van der Waals surface area contributed by atoms with Gasteiger partial charge in [-0.2, -0.15) is 9.98 Å². The average Bonchev–Trinajstić information content (AvgIpc) is 3.95.